The van der Waals surface area contributed by atoms with Crippen LogP contribution in [0.3, 0.4) is 0 Å². The van der Waals surface area contributed by atoms with Gasteiger partial charge < -0.3 is 19.8 Å². The predicted octanol–water partition coefficient (Wildman–Crippen LogP) is 2.53. The molecule has 3 rings (SSSR count). The third kappa shape index (κ3) is 3.37. The minimum Gasteiger partial charge on any atom is -0.464 e. The number of alkyl halides is 3. The van der Waals surface area contributed by atoms with Crippen molar-refractivity contribution in [3.63, 3.8) is 0 Å². The zero-order valence-corrected chi connectivity index (χ0v) is 13.8. The second-order valence-corrected chi connectivity index (χ2v) is 5.55. The van der Waals surface area contributed by atoms with Gasteiger partial charge in [-0.15, -0.1) is 0 Å². The summed E-state index contributed by atoms with van der Waals surface area (Å²) in [5.41, 5.74) is -3.29. The molecule has 1 aromatic heterocycles. The summed E-state index contributed by atoms with van der Waals surface area (Å²) >= 11 is 0. The summed E-state index contributed by atoms with van der Waals surface area (Å²) in [4.78, 5) is 36.7. The Morgan fingerprint density at radius 1 is 1.26 bits per heavy atom. The number of carbonyl (C=O) groups excluding carboxylic acids is 2. The topological polar surface area (TPSA) is 97.6 Å². The van der Waals surface area contributed by atoms with Crippen molar-refractivity contribution in [2.24, 2.45) is 0 Å². The number of carbonyl (C=O) groups is 2. The van der Waals surface area contributed by atoms with Crippen LogP contribution in [0.1, 0.15) is 18.5 Å². The highest BCUT2D eigenvalue weighted by molar-refractivity contribution is 5.95. The maximum atomic E-state index is 13.4. The Balaban J connectivity index is 2.26. The van der Waals surface area contributed by atoms with Crippen molar-refractivity contribution in [2.75, 3.05) is 6.61 Å². The number of benzene rings is 1. The molecule has 2 amide bonds. The van der Waals surface area contributed by atoms with Gasteiger partial charge in [-0.3, -0.25) is 4.79 Å². The SMILES string of the molecule is CCOC(=O)C1=C(C(F)(F)F)NC(=O)NC1c1coc2ccccc2c1=O. The number of fused-ring (bicyclic) bond motifs is 1. The summed E-state index contributed by atoms with van der Waals surface area (Å²) < 4.78 is 50.2. The third-order valence-corrected chi connectivity index (χ3v) is 3.87. The maximum absolute atomic E-state index is 13.4. The Kier molecular flexibility index (Phi) is 4.64. The molecule has 1 aliphatic rings. The number of nitrogens with one attached hydrogen (secondary N) is 2. The van der Waals surface area contributed by atoms with Gasteiger partial charge in [-0.25, -0.2) is 9.59 Å². The molecule has 0 spiro atoms. The molecule has 1 atom stereocenters. The second kappa shape index (κ2) is 6.78. The first-order valence-corrected chi connectivity index (χ1v) is 7.80. The minimum absolute atomic E-state index is 0.0968. The molecule has 0 bridgehead atoms. The van der Waals surface area contributed by atoms with Gasteiger partial charge in [0, 0.05) is 0 Å². The molecular weight excluding hydrogens is 369 g/mol. The summed E-state index contributed by atoms with van der Waals surface area (Å²) in [6, 6.07) is 3.19. The normalized spacial score (nSPS) is 17.5. The van der Waals surface area contributed by atoms with E-state index in [-0.39, 0.29) is 23.1 Å². The fourth-order valence-electron chi connectivity index (χ4n) is 2.74. The van der Waals surface area contributed by atoms with Gasteiger partial charge in [0.1, 0.15) is 17.5 Å². The Morgan fingerprint density at radius 2 is 1.96 bits per heavy atom. The van der Waals surface area contributed by atoms with Crippen LogP contribution >= 0.6 is 0 Å². The van der Waals surface area contributed by atoms with Gasteiger partial charge >= 0.3 is 18.2 Å². The molecule has 27 heavy (non-hydrogen) atoms. The summed E-state index contributed by atoms with van der Waals surface area (Å²) in [5, 5.41) is 3.83. The number of halogens is 3. The van der Waals surface area contributed by atoms with Crippen LogP contribution in [0.2, 0.25) is 0 Å². The van der Waals surface area contributed by atoms with Crippen LogP contribution in [0.25, 0.3) is 11.0 Å². The van der Waals surface area contributed by atoms with E-state index in [1.807, 2.05) is 0 Å². The molecule has 0 radical (unpaired) electrons. The smallest absolute Gasteiger partial charge is 0.432 e. The van der Waals surface area contributed by atoms with Gasteiger partial charge in [-0.2, -0.15) is 13.2 Å². The summed E-state index contributed by atoms with van der Waals surface area (Å²) in [7, 11) is 0. The van der Waals surface area contributed by atoms with Crippen molar-refractivity contribution in [3.05, 3.63) is 57.6 Å². The van der Waals surface area contributed by atoms with E-state index >= 15 is 0 Å². The second-order valence-electron chi connectivity index (χ2n) is 5.55. The molecular formula is C17H13F3N2O5. The van der Waals surface area contributed by atoms with E-state index in [1.54, 1.807) is 17.4 Å². The number of esters is 1. The average Bonchev–Trinajstić information content (AvgIpc) is 2.61. The molecule has 1 aliphatic heterocycles. The predicted molar refractivity (Wildman–Crippen MR) is 86.6 cm³/mol. The molecule has 0 saturated heterocycles. The van der Waals surface area contributed by atoms with E-state index in [0.29, 0.717) is 0 Å². The van der Waals surface area contributed by atoms with E-state index in [1.165, 1.54) is 19.1 Å². The Morgan fingerprint density at radius 3 is 2.63 bits per heavy atom. The van der Waals surface area contributed by atoms with Crippen molar-refractivity contribution in [2.45, 2.75) is 19.1 Å². The van der Waals surface area contributed by atoms with E-state index in [2.05, 4.69) is 5.32 Å². The largest absolute Gasteiger partial charge is 0.464 e. The Bertz CT molecular complexity index is 1010. The summed E-state index contributed by atoms with van der Waals surface area (Å²) in [6.45, 7) is 1.22. The minimum atomic E-state index is -5.05. The van der Waals surface area contributed by atoms with E-state index < -0.39 is 40.9 Å². The molecule has 0 aliphatic carbocycles. The number of urea groups is 1. The molecule has 1 aromatic carbocycles. The van der Waals surface area contributed by atoms with Gasteiger partial charge in [0.25, 0.3) is 0 Å². The number of ether oxygens (including phenoxy) is 1. The van der Waals surface area contributed by atoms with E-state index in [0.717, 1.165) is 6.26 Å². The number of allylic oxidation sites excluding steroid dienone is 1. The Hall–Kier alpha value is -3.30. The number of hydrogen-bond donors (Lipinski definition) is 2. The lowest BCUT2D eigenvalue weighted by Gasteiger charge is -2.29. The lowest BCUT2D eigenvalue weighted by atomic mass is 9.95. The number of amides is 2. The van der Waals surface area contributed by atoms with Gasteiger partial charge in [-0.05, 0) is 19.1 Å². The first-order chi connectivity index (χ1) is 12.7. The van der Waals surface area contributed by atoms with E-state index in [4.69, 9.17) is 9.15 Å². The van der Waals surface area contributed by atoms with Gasteiger partial charge in [0.05, 0.1) is 29.2 Å². The fraction of sp³-hybridized carbons (Fsp3) is 0.235. The number of hydrogen-bond acceptors (Lipinski definition) is 5. The first-order valence-electron chi connectivity index (χ1n) is 7.80. The zero-order chi connectivity index (χ0) is 19.8. The number of rotatable bonds is 3. The monoisotopic (exact) mass is 382 g/mol. The van der Waals surface area contributed by atoms with Crippen molar-refractivity contribution >= 4 is 23.0 Å². The van der Waals surface area contributed by atoms with Crippen LogP contribution in [0.4, 0.5) is 18.0 Å². The van der Waals surface area contributed by atoms with Crippen molar-refractivity contribution in [1.29, 1.82) is 0 Å². The highest BCUT2D eigenvalue weighted by Gasteiger charge is 2.46. The van der Waals surface area contributed by atoms with Crippen molar-refractivity contribution in [1.82, 2.24) is 10.6 Å². The standard InChI is InChI=1S/C17H13F3N2O5/c1-2-26-15(24)11-12(21-16(25)22-14(11)17(18,19)20)9-7-27-10-6-4-3-5-8(10)13(9)23/h3-7,12H,2H2,1H3,(H2,21,22,25). The Labute approximate surface area is 149 Å². The van der Waals surface area contributed by atoms with Gasteiger partial charge in [0.15, 0.2) is 5.43 Å². The van der Waals surface area contributed by atoms with Gasteiger partial charge in [-0.1, -0.05) is 12.1 Å². The van der Waals surface area contributed by atoms with Crippen LogP contribution in [-0.4, -0.2) is 24.8 Å². The highest BCUT2D eigenvalue weighted by atomic mass is 19.4. The fourth-order valence-corrected chi connectivity index (χ4v) is 2.74. The van der Waals surface area contributed by atoms with Crippen LogP contribution in [0.15, 0.2) is 51.0 Å². The van der Waals surface area contributed by atoms with Crippen molar-refractivity contribution < 1.29 is 31.9 Å². The maximum Gasteiger partial charge on any atom is 0.432 e. The number of para-hydroxylation sites is 1. The average molecular weight is 382 g/mol. The van der Waals surface area contributed by atoms with Crippen LogP contribution < -0.4 is 16.1 Å². The molecule has 2 aromatic rings. The van der Waals surface area contributed by atoms with E-state index in [9.17, 15) is 27.6 Å². The first kappa shape index (κ1) is 18.5. The lowest BCUT2D eigenvalue weighted by molar-refractivity contribution is -0.140. The van der Waals surface area contributed by atoms with Gasteiger partial charge in [0.2, 0.25) is 0 Å². The molecule has 2 N–H and O–H groups in total. The zero-order valence-electron chi connectivity index (χ0n) is 13.8. The van der Waals surface area contributed by atoms with Crippen molar-refractivity contribution in [3.8, 4) is 0 Å². The summed E-state index contributed by atoms with van der Waals surface area (Å²) in [5.74, 6) is -1.31. The highest BCUT2D eigenvalue weighted by Crippen LogP contribution is 2.35. The molecule has 142 valence electrons. The molecule has 1 unspecified atom stereocenters. The molecule has 0 fully saturated rings. The molecule has 7 nitrogen and oxygen atoms in total. The molecule has 0 saturated carbocycles. The lowest BCUT2D eigenvalue weighted by Crippen LogP contribution is -2.50. The van der Waals surface area contributed by atoms with Crippen LogP contribution in [-0.2, 0) is 9.53 Å². The third-order valence-electron chi connectivity index (χ3n) is 3.87. The molecule has 10 heteroatoms. The van der Waals surface area contributed by atoms with Crippen LogP contribution in [0.5, 0.6) is 0 Å². The van der Waals surface area contributed by atoms with Crippen LogP contribution in [0, 0.1) is 0 Å². The molecule has 2 heterocycles. The quantitative estimate of drug-likeness (QED) is 0.795. The summed E-state index contributed by atoms with van der Waals surface area (Å²) in [6.07, 6.45) is -4.12.